The molecule has 3 rings (SSSR count). The molecule has 0 radical (unpaired) electrons. The molecule has 0 saturated carbocycles. The third kappa shape index (κ3) is 6.25. The number of anilines is 1. The van der Waals surface area contributed by atoms with E-state index in [1.54, 1.807) is 29.2 Å². The standard InChI is InChI=1S/C26H27FN2O2/c1-3-15-28-25(30)17-21-5-4-6-24(16-21)29(18-20-9-13-23(27)14-10-20)26(31)22-11-7-19(2)8-12-22/h4-14,16H,3,15,17-18H2,1-2H3,(H,28,30). The summed E-state index contributed by atoms with van der Waals surface area (Å²) in [6, 6.07) is 21.0. The van der Waals surface area contributed by atoms with Gasteiger partial charge in [0, 0.05) is 17.8 Å². The van der Waals surface area contributed by atoms with Gasteiger partial charge in [0.05, 0.1) is 13.0 Å². The van der Waals surface area contributed by atoms with Gasteiger partial charge in [-0.3, -0.25) is 9.59 Å². The van der Waals surface area contributed by atoms with Crippen LogP contribution in [-0.4, -0.2) is 18.4 Å². The zero-order valence-corrected chi connectivity index (χ0v) is 17.9. The fourth-order valence-electron chi connectivity index (χ4n) is 3.25. The molecule has 0 fully saturated rings. The van der Waals surface area contributed by atoms with Crippen LogP contribution >= 0.6 is 0 Å². The van der Waals surface area contributed by atoms with E-state index in [0.29, 0.717) is 24.3 Å². The summed E-state index contributed by atoms with van der Waals surface area (Å²) in [6.07, 6.45) is 1.12. The van der Waals surface area contributed by atoms with Gasteiger partial charge in [-0.05, 0) is 60.9 Å². The Bertz CT molecular complexity index is 1030. The average Bonchev–Trinajstić information content (AvgIpc) is 2.77. The third-order valence-corrected chi connectivity index (χ3v) is 4.96. The molecule has 0 saturated heterocycles. The van der Waals surface area contributed by atoms with Gasteiger partial charge in [0.15, 0.2) is 0 Å². The molecule has 0 heterocycles. The number of benzene rings is 3. The summed E-state index contributed by atoms with van der Waals surface area (Å²) >= 11 is 0. The molecule has 160 valence electrons. The summed E-state index contributed by atoms with van der Waals surface area (Å²) in [5.41, 5.74) is 3.97. The predicted molar refractivity (Wildman–Crippen MR) is 122 cm³/mol. The van der Waals surface area contributed by atoms with E-state index in [0.717, 1.165) is 23.1 Å². The van der Waals surface area contributed by atoms with Gasteiger partial charge in [0.2, 0.25) is 5.91 Å². The molecular formula is C26H27FN2O2. The van der Waals surface area contributed by atoms with E-state index in [4.69, 9.17) is 0 Å². The first-order chi connectivity index (χ1) is 15.0. The molecule has 31 heavy (non-hydrogen) atoms. The fourth-order valence-corrected chi connectivity index (χ4v) is 3.25. The lowest BCUT2D eigenvalue weighted by atomic mass is 10.1. The quantitative estimate of drug-likeness (QED) is 0.557. The van der Waals surface area contributed by atoms with Gasteiger partial charge < -0.3 is 10.2 Å². The second-order valence-corrected chi connectivity index (χ2v) is 7.58. The Labute approximate surface area is 182 Å². The van der Waals surface area contributed by atoms with Crippen LogP contribution in [0.5, 0.6) is 0 Å². The summed E-state index contributed by atoms with van der Waals surface area (Å²) in [7, 11) is 0. The molecule has 0 spiro atoms. The van der Waals surface area contributed by atoms with Crippen molar-refractivity contribution in [1.82, 2.24) is 5.32 Å². The van der Waals surface area contributed by atoms with Crippen molar-refractivity contribution in [3.8, 4) is 0 Å². The van der Waals surface area contributed by atoms with Crippen molar-refractivity contribution < 1.29 is 14.0 Å². The van der Waals surface area contributed by atoms with Crippen LogP contribution in [0, 0.1) is 12.7 Å². The fraction of sp³-hybridized carbons (Fsp3) is 0.231. The van der Waals surface area contributed by atoms with Crippen molar-refractivity contribution in [2.75, 3.05) is 11.4 Å². The molecule has 0 aliphatic rings. The van der Waals surface area contributed by atoms with Gasteiger partial charge in [-0.1, -0.05) is 48.9 Å². The van der Waals surface area contributed by atoms with Crippen LogP contribution in [0.4, 0.5) is 10.1 Å². The first-order valence-corrected chi connectivity index (χ1v) is 10.4. The molecule has 3 aromatic carbocycles. The van der Waals surface area contributed by atoms with E-state index in [2.05, 4.69) is 5.32 Å². The molecule has 0 aromatic heterocycles. The molecule has 0 bridgehead atoms. The zero-order valence-electron chi connectivity index (χ0n) is 17.9. The van der Waals surface area contributed by atoms with Crippen LogP contribution in [0.25, 0.3) is 0 Å². The third-order valence-electron chi connectivity index (χ3n) is 4.96. The normalized spacial score (nSPS) is 10.5. The number of rotatable bonds is 8. The van der Waals surface area contributed by atoms with Gasteiger partial charge in [0.1, 0.15) is 5.82 Å². The Morgan fingerprint density at radius 1 is 0.935 bits per heavy atom. The molecule has 0 aliphatic carbocycles. The first kappa shape index (κ1) is 22.2. The number of hydrogen-bond acceptors (Lipinski definition) is 2. The van der Waals surface area contributed by atoms with Crippen LogP contribution in [0.3, 0.4) is 0 Å². The number of carbonyl (C=O) groups excluding carboxylic acids is 2. The van der Waals surface area contributed by atoms with Crippen molar-refractivity contribution >= 4 is 17.5 Å². The lowest BCUT2D eigenvalue weighted by molar-refractivity contribution is -0.120. The number of halogens is 1. The molecule has 5 heteroatoms. The SMILES string of the molecule is CCCNC(=O)Cc1cccc(N(Cc2ccc(F)cc2)C(=O)c2ccc(C)cc2)c1. The molecule has 0 atom stereocenters. The maximum Gasteiger partial charge on any atom is 0.258 e. The maximum absolute atomic E-state index is 13.4. The van der Waals surface area contributed by atoms with Crippen LogP contribution in [-0.2, 0) is 17.8 Å². The van der Waals surface area contributed by atoms with Crippen LogP contribution in [0.2, 0.25) is 0 Å². The summed E-state index contributed by atoms with van der Waals surface area (Å²) < 4.78 is 13.4. The average molecular weight is 419 g/mol. The number of nitrogens with zero attached hydrogens (tertiary/aromatic N) is 1. The van der Waals surface area contributed by atoms with Crippen molar-refractivity contribution in [3.63, 3.8) is 0 Å². The number of amides is 2. The van der Waals surface area contributed by atoms with Crippen molar-refractivity contribution in [3.05, 3.63) is 101 Å². The number of carbonyl (C=O) groups is 2. The molecule has 0 unspecified atom stereocenters. The van der Waals surface area contributed by atoms with Crippen LogP contribution in [0.1, 0.15) is 40.4 Å². The summed E-state index contributed by atoms with van der Waals surface area (Å²) in [4.78, 5) is 27.2. The highest BCUT2D eigenvalue weighted by atomic mass is 19.1. The number of aryl methyl sites for hydroxylation is 1. The highest BCUT2D eigenvalue weighted by Crippen LogP contribution is 2.22. The van der Waals surface area contributed by atoms with Crippen LogP contribution < -0.4 is 10.2 Å². The molecular weight excluding hydrogens is 391 g/mol. The first-order valence-electron chi connectivity index (χ1n) is 10.4. The summed E-state index contributed by atoms with van der Waals surface area (Å²) in [5, 5.41) is 2.87. The number of nitrogens with one attached hydrogen (secondary N) is 1. The molecule has 0 aliphatic heterocycles. The minimum absolute atomic E-state index is 0.0473. The van der Waals surface area contributed by atoms with Gasteiger partial charge in [-0.25, -0.2) is 4.39 Å². The zero-order chi connectivity index (χ0) is 22.2. The second-order valence-electron chi connectivity index (χ2n) is 7.58. The maximum atomic E-state index is 13.4. The molecule has 1 N–H and O–H groups in total. The van der Waals surface area contributed by atoms with Crippen molar-refractivity contribution in [2.24, 2.45) is 0 Å². The summed E-state index contributed by atoms with van der Waals surface area (Å²) in [6.45, 7) is 4.90. The predicted octanol–water partition coefficient (Wildman–Crippen LogP) is 5.05. The summed E-state index contributed by atoms with van der Waals surface area (Å²) in [5.74, 6) is -0.522. The Balaban J connectivity index is 1.90. The molecule has 2 amide bonds. The van der Waals surface area contributed by atoms with Crippen LogP contribution in [0.15, 0.2) is 72.8 Å². The molecule has 3 aromatic rings. The smallest absolute Gasteiger partial charge is 0.258 e. The highest BCUT2D eigenvalue weighted by Gasteiger charge is 2.19. The van der Waals surface area contributed by atoms with E-state index in [1.807, 2.05) is 50.2 Å². The number of hydrogen-bond donors (Lipinski definition) is 1. The van der Waals surface area contributed by atoms with Gasteiger partial charge in [-0.2, -0.15) is 0 Å². The van der Waals surface area contributed by atoms with E-state index >= 15 is 0 Å². The Hall–Kier alpha value is -3.47. The largest absolute Gasteiger partial charge is 0.356 e. The molecule has 4 nitrogen and oxygen atoms in total. The Morgan fingerprint density at radius 2 is 1.65 bits per heavy atom. The van der Waals surface area contributed by atoms with Gasteiger partial charge in [-0.15, -0.1) is 0 Å². The van der Waals surface area contributed by atoms with Crippen molar-refractivity contribution in [2.45, 2.75) is 33.2 Å². The van der Waals surface area contributed by atoms with E-state index < -0.39 is 0 Å². The Kier molecular flexibility index (Phi) is 7.55. The topological polar surface area (TPSA) is 49.4 Å². The monoisotopic (exact) mass is 418 g/mol. The minimum Gasteiger partial charge on any atom is -0.356 e. The van der Waals surface area contributed by atoms with Gasteiger partial charge >= 0.3 is 0 Å². The minimum atomic E-state index is -0.319. The second kappa shape index (κ2) is 10.5. The van der Waals surface area contributed by atoms with Crippen molar-refractivity contribution in [1.29, 1.82) is 0 Å². The van der Waals surface area contributed by atoms with E-state index in [1.165, 1.54) is 12.1 Å². The lowest BCUT2D eigenvalue weighted by Crippen LogP contribution is -2.30. The lowest BCUT2D eigenvalue weighted by Gasteiger charge is -2.24. The highest BCUT2D eigenvalue weighted by molar-refractivity contribution is 6.06. The van der Waals surface area contributed by atoms with E-state index in [9.17, 15) is 14.0 Å². The Morgan fingerprint density at radius 3 is 2.32 bits per heavy atom. The van der Waals surface area contributed by atoms with Gasteiger partial charge in [0.25, 0.3) is 5.91 Å². The van der Waals surface area contributed by atoms with E-state index in [-0.39, 0.29) is 24.1 Å².